The summed E-state index contributed by atoms with van der Waals surface area (Å²) in [6, 6.07) is 0. The highest BCUT2D eigenvalue weighted by molar-refractivity contribution is 7.15. The van der Waals surface area contributed by atoms with Crippen LogP contribution in [0.1, 0.15) is 63.9 Å². The van der Waals surface area contributed by atoms with Crippen molar-refractivity contribution in [3.63, 3.8) is 0 Å². The third-order valence-corrected chi connectivity index (χ3v) is 7.23. The lowest BCUT2D eigenvalue weighted by atomic mass is 9.54. The maximum atomic E-state index is 12.8. The number of nitrogens with one attached hydrogen (secondary N) is 1. The van der Waals surface area contributed by atoms with Crippen molar-refractivity contribution in [2.24, 2.45) is 17.1 Å². The lowest BCUT2D eigenvalue weighted by Crippen LogP contribution is -2.74. The number of aromatic nitrogens is 1. The van der Waals surface area contributed by atoms with Gasteiger partial charge < -0.3 is 15.8 Å². The monoisotopic (exact) mass is 401 g/mol. The Kier molecular flexibility index (Phi) is 6.76. The van der Waals surface area contributed by atoms with Gasteiger partial charge in [-0.3, -0.25) is 4.79 Å². The van der Waals surface area contributed by atoms with Crippen LogP contribution >= 0.6 is 23.7 Å². The second-order valence-electron chi connectivity index (χ2n) is 8.08. The van der Waals surface area contributed by atoms with E-state index in [1.165, 1.54) is 29.8 Å². The lowest BCUT2D eigenvalue weighted by molar-refractivity contribution is -0.166. The Balaban J connectivity index is 0.00000243. The van der Waals surface area contributed by atoms with Gasteiger partial charge in [-0.25, -0.2) is 4.98 Å². The molecule has 1 aromatic rings. The highest BCUT2D eigenvalue weighted by atomic mass is 35.5. The molecule has 1 saturated carbocycles. The zero-order valence-corrected chi connectivity index (χ0v) is 17.9. The molecule has 3 N–H and O–H groups in total. The highest BCUT2D eigenvalue weighted by Crippen LogP contribution is 2.50. The van der Waals surface area contributed by atoms with Gasteiger partial charge >= 0.3 is 0 Å². The number of nitrogens with zero attached hydrogens (tertiary/aromatic N) is 1. The molecule has 0 bridgehead atoms. The quantitative estimate of drug-likeness (QED) is 0.756. The predicted molar refractivity (Wildman–Crippen MR) is 109 cm³/mol. The van der Waals surface area contributed by atoms with Crippen molar-refractivity contribution in [1.29, 1.82) is 0 Å². The van der Waals surface area contributed by atoms with E-state index in [-0.39, 0.29) is 29.8 Å². The van der Waals surface area contributed by atoms with E-state index in [4.69, 9.17) is 10.5 Å². The first-order chi connectivity index (χ1) is 11.8. The molecule has 3 atom stereocenters. The Morgan fingerprint density at radius 3 is 2.77 bits per heavy atom. The van der Waals surface area contributed by atoms with Crippen LogP contribution in [0.2, 0.25) is 0 Å². The Morgan fingerprint density at radius 2 is 2.15 bits per heavy atom. The summed E-state index contributed by atoms with van der Waals surface area (Å²) in [7, 11) is 0. The van der Waals surface area contributed by atoms with Crippen molar-refractivity contribution in [3.8, 4) is 0 Å². The molecule has 0 aliphatic heterocycles. The summed E-state index contributed by atoms with van der Waals surface area (Å²) in [5.41, 5.74) is 6.35. The molecular weight excluding hydrogens is 370 g/mol. The molecule has 5 nitrogen and oxygen atoms in total. The molecule has 1 heterocycles. The minimum atomic E-state index is -0.899. The van der Waals surface area contributed by atoms with Gasteiger partial charge in [0.2, 0.25) is 5.91 Å². The van der Waals surface area contributed by atoms with Gasteiger partial charge in [-0.05, 0) is 32.1 Å². The van der Waals surface area contributed by atoms with Gasteiger partial charge in [0.15, 0.2) is 5.13 Å². The van der Waals surface area contributed by atoms with Gasteiger partial charge in [-0.15, -0.1) is 23.7 Å². The molecular formula is C19H32ClN3O2S. The van der Waals surface area contributed by atoms with Crippen LogP contribution in [0.4, 0.5) is 5.13 Å². The molecule has 0 saturated heterocycles. The number of anilines is 1. The molecule has 0 spiro atoms. The Hall–Kier alpha value is -0.690. The second kappa shape index (κ2) is 8.13. The van der Waals surface area contributed by atoms with Gasteiger partial charge in [0, 0.05) is 23.3 Å². The minimum absolute atomic E-state index is 0. The van der Waals surface area contributed by atoms with Gasteiger partial charge in [0.1, 0.15) is 5.54 Å². The topological polar surface area (TPSA) is 77.2 Å². The summed E-state index contributed by atoms with van der Waals surface area (Å²) < 4.78 is 5.72. The number of carbonyl (C=O) groups excluding carboxylic acids is 1. The highest BCUT2D eigenvalue weighted by Gasteiger charge is 2.63. The van der Waals surface area contributed by atoms with Crippen molar-refractivity contribution in [3.05, 3.63) is 10.6 Å². The third-order valence-electron chi connectivity index (χ3n) is 6.19. The molecule has 3 unspecified atom stereocenters. The van der Waals surface area contributed by atoms with Crippen LogP contribution in [-0.2, 0) is 22.4 Å². The van der Waals surface area contributed by atoms with Crippen LogP contribution < -0.4 is 11.1 Å². The molecule has 2 aliphatic rings. The molecule has 26 heavy (non-hydrogen) atoms. The van der Waals surface area contributed by atoms with Crippen molar-refractivity contribution in [1.82, 2.24) is 4.98 Å². The number of fused-ring (bicyclic) bond motifs is 1. The van der Waals surface area contributed by atoms with Crippen molar-refractivity contribution in [2.75, 3.05) is 11.9 Å². The van der Waals surface area contributed by atoms with Crippen LogP contribution in [0.15, 0.2) is 0 Å². The fourth-order valence-electron chi connectivity index (χ4n) is 4.18. The number of aryl methyl sites for hydroxylation is 1. The SMILES string of the molecule is CCCC1CCc2nc(NC(=O)C3(N)CC(OCC)C3(C)C)sc2C1.Cl. The van der Waals surface area contributed by atoms with E-state index in [1.807, 2.05) is 20.8 Å². The summed E-state index contributed by atoms with van der Waals surface area (Å²) in [5, 5.41) is 3.70. The number of amides is 1. The zero-order valence-electron chi connectivity index (χ0n) is 16.3. The minimum Gasteiger partial charge on any atom is -0.378 e. The van der Waals surface area contributed by atoms with Crippen LogP contribution in [0.25, 0.3) is 0 Å². The normalized spacial score (nSPS) is 29.3. The summed E-state index contributed by atoms with van der Waals surface area (Å²) in [4.78, 5) is 18.8. The molecule has 3 rings (SSSR count). The third kappa shape index (κ3) is 3.66. The number of nitrogens with two attached hydrogens (primary N) is 1. The Bertz CT molecular complexity index is 649. The van der Waals surface area contributed by atoms with E-state index in [0.717, 1.165) is 18.8 Å². The van der Waals surface area contributed by atoms with E-state index >= 15 is 0 Å². The largest absolute Gasteiger partial charge is 0.378 e. The van der Waals surface area contributed by atoms with E-state index < -0.39 is 5.54 Å². The van der Waals surface area contributed by atoms with E-state index in [9.17, 15) is 4.79 Å². The number of thiazole rings is 1. The number of ether oxygens (including phenoxy) is 1. The maximum Gasteiger partial charge on any atom is 0.246 e. The number of hydrogen-bond donors (Lipinski definition) is 2. The van der Waals surface area contributed by atoms with Gasteiger partial charge in [-0.1, -0.05) is 33.6 Å². The van der Waals surface area contributed by atoms with Gasteiger partial charge in [0.25, 0.3) is 0 Å². The number of hydrogen-bond acceptors (Lipinski definition) is 5. The maximum absolute atomic E-state index is 12.8. The number of rotatable bonds is 6. The molecule has 7 heteroatoms. The fraction of sp³-hybridized carbons (Fsp3) is 0.789. The average molecular weight is 402 g/mol. The summed E-state index contributed by atoms with van der Waals surface area (Å²) in [6.07, 6.45) is 6.44. The Morgan fingerprint density at radius 1 is 1.42 bits per heavy atom. The van der Waals surface area contributed by atoms with Crippen LogP contribution in [0.5, 0.6) is 0 Å². The Labute approximate surface area is 166 Å². The predicted octanol–water partition coefficient (Wildman–Crippen LogP) is 3.94. The van der Waals surface area contributed by atoms with Crippen LogP contribution in [0, 0.1) is 11.3 Å². The zero-order chi connectivity index (χ0) is 18.2. The first kappa shape index (κ1) is 21.6. The standard InChI is InChI=1S/C19H31N3O2S.ClH/c1-5-7-12-8-9-13-14(10-12)25-17(21-13)22-16(23)19(20)11-15(24-6-2)18(19,3)4;/h12,15H,5-11,20H2,1-4H3,(H,21,22,23);1H. The number of halogens is 1. The van der Waals surface area contributed by atoms with Crippen LogP contribution in [-0.4, -0.2) is 29.1 Å². The summed E-state index contributed by atoms with van der Waals surface area (Å²) in [5.74, 6) is 0.629. The average Bonchev–Trinajstić information content (AvgIpc) is 2.96. The van der Waals surface area contributed by atoms with Gasteiger partial charge in [0.05, 0.1) is 11.8 Å². The second-order valence-corrected chi connectivity index (χ2v) is 9.17. The molecule has 0 radical (unpaired) electrons. The first-order valence-electron chi connectivity index (χ1n) is 9.52. The van der Waals surface area contributed by atoms with Crippen LogP contribution in [0.3, 0.4) is 0 Å². The number of carbonyl (C=O) groups is 1. The van der Waals surface area contributed by atoms with E-state index in [1.54, 1.807) is 11.3 Å². The van der Waals surface area contributed by atoms with Crippen molar-refractivity contribution >= 4 is 34.8 Å². The first-order valence-corrected chi connectivity index (χ1v) is 10.3. The van der Waals surface area contributed by atoms with Crippen molar-refractivity contribution < 1.29 is 9.53 Å². The van der Waals surface area contributed by atoms with Gasteiger partial charge in [-0.2, -0.15) is 0 Å². The lowest BCUT2D eigenvalue weighted by Gasteiger charge is -2.57. The van der Waals surface area contributed by atoms with E-state index in [0.29, 0.717) is 18.2 Å². The van der Waals surface area contributed by atoms with Crippen molar-refractivity contribution in [2.45, 2.75) is 77.9 Å². The fourth-order valence-corrected chi connectivity index (χ4v) is 5.30. The molecule has 1 amide bonds. The summed E-state index contributed by atoms with van der Waals surface area (Å²) in [6.45, 7) is 8.88. The molecule has 1 fully saturated rings. The molecule has 1 aromatic heterocycles. The molecule has 0 aromatic carbocycles. The molecule has 2 aliphatic carbocycles. The van der Waals surface area contributed by atoms with E-state index in [2.05, 4.69) is 17.2 Å². The summed E-state index contributed by atoms with van der Waals surface area (Å²) >= 11 is 1.63. The molecule has 148 valence electrons. The smallest absolute Gasteiger partial charge is 0.246 e.